The summed E-state index contributed by atoms with van der Waals surface area (Å²) in [5.74, 6) is -8.20. The number of rotatable bonds is 2. The Morgan fingerprint density at radius 2 is 2.00 bits per heavy atom. The Morgan fingerprint density at radius 1 is 1.31 bits per heavy atom. The zero-order valence-electron chi connectivity index (χ0n) is 7.76. The van der Waals surface area contributed by atoms with Crippen LogP contribution in [0.25, 0.3) is 0 Å². The molecule has 16 heavy (non-hydrogen) atoms. The van der Waals surface area contributed by atoms with Crippen LogP contribution >= 0.6 is 15.9 Å². The van der Waals surface area contributed by atoms with E-state index >= 15 is 0 Å². The van der Waals surface area contributed by atoms with Gasteiger partial charge >= 0.3 is 11.8 Å². The number of alkyl halides is 4. The first-order valence-corrected chi connectivity index (χ1v) is 5.16. The van der Waals surface area contributed by atoms with Crippen LogP contribution in [0.15, 0.2) is 22.8 Å². The molecule has 0 amide bonds. The quantitative estimate of drug-likeness (QED) is 0.782. The molecule has 1 fully saturated rings. The van der Waals surface area contributed by atoms with E-state index in [9.17, 15) is 17.6 Å². The van der Waals surface area contributed by atoms with Crippen LogP contribution < -0.4 is 4.74 Å². The Balaban J connectivity index is 2.05. The van der Waals surface area contributed by atoms with E-state index in [1.807, 2.05) is 0 Å². The molecule has 1 atom stereocenters. The highest BCUT2D eigenvalue weighted by Gasteiger charge is 2.73. The molecule has 0 aromatic carbocycles. The highest BCUT2D eigenvalue weighted by molar-refractivity contribution is 9.10. The summed E-state index contributed by atoms with van der Waals surface area (Å²) in [4.78, 5) is 3.67. The van der Waals surface area contributed by atoms with Crippen LogP contribution in [0.1, 0.15) is 6.42 Å². The van der Waals surface area contributed by atoms with Gasteiger partial charge in [-0.05, 0) is 22.0 Å². The summed E-state index contributed by atoms with van der Waals surface area (Å²) in [5, 5.41) is 0. The van der Waals surface area contributed by atoms with Crippen molar-refractivity contribution in [2.45, 2.75) is 24.4 Å². The van der Waals surface area contributed by atoms with E-state index in [1.54, 1.807) is 0 Å². The van der Waals surface area contributed by atoms with Crippen molar-refractivity contribution in [1.82, 2.24) is 4.98 Å². The number of ether oxygens (including phenoxy) is 1. The molecule has 0 N–H and O–H groups in total. The van der Waals surface area contributed by atoms with Gasteiger partial charge in [-0.3, -0.25) is 0 Å². The topological polar surface area (TPSA) is 22.1 Å². The predicted octanol–water partition coefficient (Wildman–Crippen LogP) is 3.27. The van der Waals surface area contributed by atoms with Crippen molar-refractivity contribution < 1.29 is 22.3 Å². The van der Waals surface area contributed by atoms with E-state index in [0.29, 0.717) is 4.47 Å². The Kier molecular flexibility index (Phi) is 2.60. The lowest BCUT2D eigenvalue weighted by atomic mass is 9.85. The van der Waals surface area contributed by atoms with E-state index in [2.05, 4.69) is 20.9 Å². The van der Waals surface area contributed by atoms with Crippen molar-refractivity contribution in [3.63, 3.8) is 0 Å². The Bertz CT molecular complexity index is 395. The first-order valence-electron chi connectivity index (χ1n) is 4.37. The first-order chi connectivity index (χ1) is 7.33. The molecule has 2 nitrogen and oxygen atoms in total. The normalized spacial score (nSPS) is 25.9. The fourth-order valence-electron chi connectivity index (χ4n) is 1.29. The fraction of sp³-hybridized carbons (Fsp3) is 0.444. The second kappa shape index (κ2) is 3.58. The highest BCUT2D eigenvalue weighted by atomic mass is 79.9. The minimum atomic E-state index is -4.12. The largest absolute Gasteiger partial charge is 0.467 e. The van der Waals surface area contributed by atoms with Gasteiger partial charge in [0.2, 0.25) is 5.88 Å². The van der Waals surface area contributed by atoms with Gasteiger partial charge in [-0.25, -0.2) is 4.98 Å². The molecule has 1 aliphatic rings. The molecular formula is C9H6BrF4NO. The smallest absolute Gasteiger partial charge is 0.346 e. The number of nitrogens with zero attached hydrogens (tertiary/aromatic N) is 1. The lowest BCUT2D eigenvalue weighted by Crippen LogP contribution is -2.64. The van der Waals surface area contributed by atoms with Crippen LogP contribution in [-0.4, -0.2) is 22.9 Å². The predicted molar refractivity (Wildman–Crippen MR) is 50.9 cm³/mol. The maximum atomic E-state index is 12.8. The van der Waals surface area contributed by atoms with Crippen LogP contribution in [0, 0.1) is 0 Å². The Labute approximate surface area is 96.7 Å². The van der Waals surface area contributed by atoms with Crippen molar-refractivity contribution in [3.8, 4) is 5.88 Å². The van der Waals surface area contributed by atoms with Gasteiger partial charge < -0.3 is 4.74 Å². The summed E-state index contributed by atoms with van der Waals surface area (Å²) >= 11 is 3.10. The molecule has 7 heteroatoms. The average Bonchev–Trinajstić information content (AvgIpc) is 2.20. The van der Waals surface area contributed by atoms with Crippen molar-refractivity contribution in [2.24, 2.45) is 0 Å². The van der Waals surface area contributed by atoms with E-state index in [1.165, 1.54) is 18.3 Å². The molecule has 0 bridgehead atoms. The van der Waals surface area contributed by atoms with Gasteiger partial charge in [0.05, 0.1) is 6.42 Å². The van der Waals surface area contributed by atoms with Crippen LogP contribution in [0.5, 0.6) is 5.88 Å². The van der Waals surface area contributed by atoms with E-state index < -0.39 is 24.4 Å². The Hall–Kier alpha value is -0.850. The van der Waals surface area contributed by atoms with Crippen molar-refractivity contribution in [2.75, 3.05) is 0 Å². The minimum absolute atomic E-state index is 0.0941. The average molecular weight is 300 g/mol. The monoisotopic (exact) mass is 299 g/mol. The lowest BCUT2D eigenvalue weighted by Gasteiger charge is -2.42. The second-order valence-electron chi connectivity index (χ2n) is 3.45. The molecule has 1 saturated carbocycles. The SMILES string of the molecule is FC1(F)CC(Oc2ccc(Br)cn2)C1(F)F. The zero-order chi connectivity index (χ0) is 12.0. The first kappa shape index (κ1) is 11.6. The summed E-state index contributed by atoms with van der Waals surface area (Å²) in [6.07, 6.45) is -1.46. The highest BCUT2D eigenvalue weighted by Crippen LogP contribution is 2.52. The van der Waals surface area contributed by atoms with Gasteiger partial charge in [0.1, 0.15) is 0 Å². The summed E-state index contributed by atoms with van der Waals surface area (Å²) in [7, 11) is 0. The summed E-state index contributed by atoms with van der Waals surface area (Å²) in [6.45, 7) is 0. The van der Waals surface area contributed by atoms with Gasteiger partial charge in [-0.15, -0.1) is 0 Å². The molecule has 88 valence electrons. The van der Waals surface area contributed by atoms with E-state index in [0.717, 1.165) is 0 Å². The molecule has 1 aromatic heterocycles. The second-order valence-corrected chi connectivity index (χ2v) is 4.37. The molecule has 0 saturated heterocycles. The van der Waals surface area contributed by atoms with Crippen molar-refractivity contribution in [3.05, 3.63) is 22.8 Å². The number of pyridine rings is 1. The van der Waals surface area contributed by atoms with Gasteiger partial charge in [0.25, 0.3) is 0 Å². The third-order valence-electron chi connectivity index (χ3n) is 2.30. The standard InChI is InChI=1S/C9H6BrF4NO/c10-5-1-2-7(15-4-5)16-6-3-8(11,12)9(6,13)14/h1-2,4,6H,3H2. The van der Waals surface area contributed by atoms with Crippen LogP contribution in [0.3, 0.4) is 0 Å². The molecule has 1 unspecified atom stereocenters. The molecule has 1 aromatic rings. The minimum Gasteiger partial charge on any atom is -0.467 e. The number of halogens is 5. The summed E-state index contributed by atoms with van der Waals surface area (Å²) in [6, 6.07) is 2.86. The van der Waals surface area contributed by atoms with E-state index in [-0.39, 0.29) is 5.88 Å². The van der Waals surface area contributed by atoms with Crippen molar-refractivity contribution >= 4 is 15.9 Å². The van der Waals surface area contributed by atoms with Gasteiger partial charge in [0, 0.05) is 16.7 Å². The summed E-state index contributed by atoms with van der Waals surface area (Å²) in [5.41, 5.74) is 0. The molecule has 1 aliphatic carbocycles. The Morgan fingerprint density at radius 3 is 2.44 bits per heavy atom. The molecular weight excluding hydrogens is 294 g/mol. The third kappa shape index (κ3) is 1.77. The summed E-state index contributed by atoms with van der Waals surface area (Å²) < 4.78 is 56.0. The number of hydrogen-bond donors (Lipinski definition) is 0. The maximum absolute atomic E-state index is 12.8. The van der Waals surface area contributed by atoms with Crippen LogP contribution in [-0.2, 0) is 0 Å². The molecule has 0 spiro atoms. The molecule has 1 heterocycles. The lowest BCUT2D eigenvalue weighted by molar-refractivity contribution is -0.324. The fourth-order valence-corrected chi connectivity index (χ4v) is 1.53. The number of aromatic nitrogens is 1. The van der Waals surface area contributed by atoms with Crippen LogP contribution in [0.2, 0.25) is 0 Å². The van der Waals surface area contributed by atoms with Gasteiger partial charge in [0.15, 0.2) is 6.10 Å². The third-order valence-corrected chi connectivity index (χ3v) is 2.77. The van der Waals surface area contributed by atoms with Crippen LogP contribution in [0.4, 0.5) is 17.6 Å². The molecule has 0 aliphatic heterocycles. The molecule has 2 rings (SSSR count). The maximum Gasteiger partial charge on any atom is 0.346 e. The van der Waals surface area contributed by atoms with Crippen molar-refractivity contribution in [1.29, 1.82) is 0 Å². The van der Waals surface area contributed by atoms with E-state index in [4.69, 9.17) is 4.74 Å². The zero-order valence-corrected chi connectivity index (χ0v) is 9.35. The van der Waals surface area contributed by atoms with Gasteiger partial charge in [-0.2, -0.15) is 17.6 Å². The molecule has 0 radical (unpaired) electrons. The van der Waals surface area contributed by atoms with Gasteiger partial charge in [-0.1, -0.05) is 0 Å². The number of hydrogen-bond acceptors (Lipinski definition) is 2.